The Kier molecular flexibility index (Phi) is 11.3. The number of hydrogen-bond acceptors (Lipinski definition) is 3. The molecule has 0 aliphatic heterocycles. The van der Waals surface area contributed by atoms with E-state index in [1.165, 1.54) is 52.4 Å². The molecule has 261 valence electrons. The van der Waals surface area contributed by atoms with Crippen molar-refractivity contribution in [2.75, 3.05) is 0 Å². The Morgan fingerprint density at radius 1 is 0.673 bits per heavy atom. The SMILES string of the molecule is Cc1cc(-c2[c-]ccc(-c3ccccc3)c2)nc[c]1[Ge]([CH3])([CH3])[CH3].[2H]C(C)(C)c1ccnc(-c2[c-]ccc3c2sc2cc(-c4ccccc4)ccc23)c1.[Ir]. The Bertz CT molecular complexity index is 2500. The number of benzene rings is 5. The van der Waals surface area contributed by atoms with Gasteiger partial charge in [0, 0.05) is 32.4 Å². The fourth-order valence-corrected chi connectivity index (χ4v) is 11.4. The number of hydrogen-bond donors (Lipinski definition) is 0. The molecular formula is C47H42GeIrN2S-2. The summed E-state index contributed by atoms with van der Waals surface area (Å²) in [5, 5.41) is 2.49. The van der Waals surface area contributed by atoms with Crippen LogP contribution >= 0.6 is 11.3 Å². The van der Waals surface area contributed by atoms with Gasteiger partial charge in [-0.2, -0.15) is 11.3 Å². The second kappa shape index (κ2) is 16.2. The number of pyridine rings is 2. The van der Waals surface area contributed by atoms with E-state index >= 15 is 0 Å². The predicted molar refractivity (Wildman–Crippen MR) is 223 cm³/mol. The molecule has 1 radical (unpaired) electrons. The predicted octanol–water partition coefficient (Wildman–Crippen LogP) is 12.8. The van der Waals surface area contributed by atoms with Crippen molar-refractivity contribution in [3.05, 3.63) is 163 Å². The maximum Gasteiger partial charge on any atom is 0.0346 e. The Morgan fingerprint density at radius 3 is 2.00 bits per heavy atom. The van der Waals surface area contributed by atoms with E-state index in [9.17, 15) is 0 Å². The molecule has 0 atom stereocenters. The fraction of sp³-hybridized carbons (Fsp3) is 0.149. The molecule has 5 aromatic carbocycles. The first-order valence-corrected chi connectivity index (χ1v) is 25.6. The van der Waals surface area contributed by atoms with E-state index in [-0.39, 0.29) is 20.1 Å². The molecule has 0 aliphatic rings. The number of nitrogens with zero attached hydrogens (tertiary/aromatic N) is 2. The molecule has 0 bridgehead atoms. The fourth-order valence-electron chi connectivity index (χ4n) is 6.53. The topological polar surface area (TPSA) is 25.8 Å². The van der Waals surface area contributed by atoms with Crippen molar-refractivity contribution in [1.82, 2.24) is 9.97 Å². The van der Waals surface area contributed by atoms with Crippen LogP contribution in [0.25, 0.3) is 64.9 Å². The Balaban J connectivity index is 0.000000183. The van der Waals surface area contributed by atoms with Crippen LogP contribution in [0.4, 0.5) is 0 Å². The summed E-state index contributed by atoms with van der Waals surface area (Å²) in [6.07, 6.45) is 3.89. The first kappa shape index (κ1) is 36.2. The second-order valence-electron chi connectivity index (χ2n) is 14.2. The molecule has 2 nitrogen and oxygen atoms in total. The van der Waals surface area contributed by atoms with Crippen molar-refractivity contribution in [2.45, 2.75) is 43.9 Å². The average Bonchev–Trinajstić information content (AvgIpc) is 3.53. The van der Waals surface area contributed by atoms with Crippen LogP contribution in [0.15, 0.2) is 140 Å². The summed E-state index contributed by atoms with van der Waals surface area (Å²) in [5.74, 6) is 6.57. The molecule has 0 amide bonds. The largest absolute Gasteiger partial charge is 0.305 e. The van der Waals surface area contributed by atoms with Gasteiger partial charge >= 0.3 is 142 Å². The third-order valence-corrected chi connectivity index (χ3v) is 14.9. The average molecular weight is 933 g/mol. The number of aromatic nitrogens is 2. The van der Waals surface area contributed by atoms with Gasteiger partial charge in [-0.25, -0.2) is 0 Å². The molecule has 52 heavy (non-hydrogen) atoms. The van der Waals surface area contributed by atoms with Crippen molar-refractivity contribution in [2.24, 2.45) is 0 Å². The van der Waals surface area contributed by atoms with Gasteiger partial charge in [0.2, 0.25) is 0 Å². The molecule has 8 aromatic rings. The molecule has 0 spiro atoms. The first-order valence-electron chi connectivity index (χ1n) is 17.9. The van der Waals surface area contributed by atoms with Crippen molar-refractivity contribution in [3.8, 4) is 44.8 Å². The minimum absolute atomic E-state index is 0. The first-order chi connectivity index (χ1) is 25.0. The standard InChI is InChI=1S/C26H20NS.C21H22GeN.Ir/c1-17(2)19-13-14-27-24(15-19)23-10-6-9-22-21-12-11-20(16-25(21)28-26(22)23)18-7-4-3-5-8-18;1-16-13-21(23-15-20(16)22(2,3)4)19-12-8-11-18(14-19)17-9-6-5-7-10-17;/h3-9,11-17H,1-2H3;5-11,13-15H,1-4H3;/q2*-1;/i17D;;. The van der Waals surface area contributed by atoms with E-state index in [0.717, 1.165) is 28.1 Å². The number of thiophene rings is 1. The number of fused-ring (bicyclic) bond motifs is 3. The monoisotopic (exact) mass is 934 g/mol. The minimum atomic E-state index is -1.85. The van der Waals surface area contributed by atoms with Gasteiger partial charge in [-0.05, 0) is 44.9 Å². The zero-order valence-corrected chi connectivity index (χ0v) is 35.7. The van der Waals surface area contributed by atoms with Crippen LogP contribution in [0.2, 0.25) is 17.3 Å². The molecule has 3 heterocycles. The van der Waals surface area contributed by atoms with Crippen LogP contribution in [-0.2, 0) is 20.1 Å². The van der Waals surface area contributed by atoms with Gasteiger partial charge in [-0.3, -0.25) is 0 Å². The van der Waals surface area contributed by atoms with E-state index in [1.807, 2.05) is 50.2 Å². The van der Waals surface area contributed by atoms with Crippen LogP contribution < -0.4 is 4.40 Å². The molecule has 0 saturated heterocycles. The van der Waals surface area contributed by atoms with Crippen molar-refractivity contribution < 1.29 is 21.5 Å². The van der Waals surface area contributed by atoms with E-state index in [0.29, 0.717) is 0 Å². The summed E-state index contributed by atoms with van der Waals surface area (Å²) in [5.41, 5.74) is 11.2. The molecule has 0 fully saturated rings. The molecule has 5 heteroatoms. The van der Waals surface area contributed by atoms with E-state index in [2.05, 4.69) is 139 Å². The maximum atomic E-state index is 8.35. The molecule has 0 unspecified atom stereocenters. The second-order valence-corrected chi connectivity index (χ2v) is 25.8. The van der Waals surface area contributed by atoms with Gasteiger partial charge in [0.1, 0.15) is 0 Å². The van der Waals surface area contributed by atoms with Gasteiger partial charge in [0.05, 0.1) is 0 Å². The van der Waals surface area contributed by atoms with Gasteiger partial charge in [0.25, 0.3) is 0 Å². The Hall–Kier alpha value is -4.19. The zero-order chi connectivity index (χ0) is 36.5. The van der Waals surface area contributed by atoms with Crippen molar-refractivity contribution in [3.63, 3.8) is 0 Å². The summed E-state index contributed by atoms with van der Waals surface area (Å²) in [6, 6.07) is 50.9. The molecule has 8 rings (SSSR count). The van der Waals surface area contributed by atoms with Crippen LogP contribution in [0.5, 0.6) is 0 Å². The molecule has 0 saturated carbocycles. The van der Waals surface area contributed by atoms with E-state index < -0.39 is 19.2 Å². The Morgan fingerprint density at radius 2 is 1.35 bits per heavy atom. The third kappa shape index (κ3) is 8.22. The zero-order valence-electron chi connectivity index (χ0n) is 31.4. The summed E-state index contributed by atoms with van der Waals surface area (Å²) in [6.45, 7) is 6.01. The third-order valence-electron chi connectivity index (χ3n) is 9.24. The summed E-state index contributed by atoms with van der Waals surface area (Å²) in [7, 11) is 0. The minimum Gasteiger partial charge on any atom is -0.305 e. The number of aryl methyl sites for hydroxylation is 1. The molecule has 0 aliphatic carbocycles. The van der Waals surface area contributed by atoms with Gasteiger partial charge in [-0.15, -0.1) is 23.8 Å². The van der Waals surface area contributed by atoms with Crippen molar-refractivity contribution in [1.29, 1.82) is 0 Å². The molecular weight excluding hydrogens is 889 g/mol. The van der Waals surface area contributed by atoms with Gasteiger partial charge < -0.3 is 4.98 Å². The van der Waals surface area contributed by atoms with Gasteiger partial charge in [0.15, 0.2) is 0 Å². The van der Waals surface area contributed by atoms with Crippen LogP contribution in [0.3, 0.4) is 0 Å². The van der Waals surface area contributed by atoms with Gasteiger partial charge in [-0.1, -0.05) is 73.3 Å². The normalized spacial score (nSPS) is 11.8. The smallest absolute Gasteiger partial charge is 0.0346 e. The summed E-state index contributed by atoms with van der Waals surface area (Å²) < 4.78 is 12.3. The van der Waals surface area contributed by atoms with E-state index in [4.69, 9.17) is 6.35 Å². The number of rotatable bonds is 6. The molecule has 0 N–H and O–H groups in total. The quantitative estimate of drug-likeness (QED) is 0.123. The maximum absolute atomic E-state index is 8.35. The summed E-state index contributed by atoms with van der Waals surface area (Å²) in [4.78, 5) is 9.33. The van der Waals surface area contributed by atoms with Crippen LogP contribution in [0, 0.1) is 19.1 Å². The Labute approximate surface area is 330 Å². The van der Waals surface area contributed by atoms with E-state index in [1.54, 1.807) is 17.5 Å². The summed E-state index contributed by atoms with van der Waals surface area (Å²) >= 11 is -0.0598. The molecule has 3 aromatic heterocycles. The van der Waals surface area contributed by atoms with Crippen LogP contribution in [-0.4, -0.2) is 23.2 Å². The van der Waals surface area contributed by atoms with Crippen molar-refractivity contribution >= 4 is 49.2 Å². The van der Waals surface area contributed by atoms with Crippen LogP contribution in [0.1, 0.15) is 32.2 Å².